The van der Waals surface area contributed by atoms with Crippen molar-refractivity contribution in [2.75, 3.05) is 19.1 Å². The fraction of sp³-hybridized carbons (Fsp3) is 0.214. The molecule has 104 valence electrons. The van der Waals surface area contributed by atoms with Crippen LogP contribution in [0.1, 0.15) is 15.9 Å². The van der Waals surface area contributed by atoms with Crippen LogP contribution in [-0.4, -0.2) is 35.4 Å². The topological polar surface area (TPSA) is 75.5 Å². The number of carboxylic acid groups (broad SMARTS) is 1. The van der Waals surface area contributed by atoms with Gasteiger partial charge in [0.15, 0.2) is 5.82 Å². The smallest absolute Gasteiger partial charge is 0.339 e. The van der Waals surface area contributed by atoms with E-state index in [2.05, 4.69) is 10.2 Å². The molecule has 1 heterocycles. The maximum absolute atomic E-state index is 11.2. The molecule has 0 fully saturated rings. The molecule has 0 bridgehead atoms. The van der Waals surface area contributed by atoms with E-state index in [0.29, 0.717) is 12.4 Å². The number of aromatic carboxylic acids is 1. The first kappa shape index (κ1) is 13.8. The summed E-state index contributed by atoms with van der Waals surface area (Å²) in [6.07, 6.45) is 1.36. The SMILES string of the molecule is COc1ccccc1CN(C)c1nnccc1C(=O)O. The summed E-state index contributed by atoms with van der Waals surface area (Å²) in [4.78, 5) is 12.9. The van der Waals surface area contributed by atoms with Crippen LogP contribution >= 0.6 is 0 Å². The highest BCUT2D eigenvalue weighted by molar-refractivity contribution is 5.93. The lowest BCUT2D eigenvalue weighted by Gasteiger charge is -2.20. The van der Waals surface area contributed by atoms with Gasteiger partial charge in [-0.15, -0.1) is 5.10 Å². The molecule has 0 saturated heterocycles. The van der Waals surface area contributed by atoms with Crippen LogP contribution in [0.15, 0.2) is 36.5 Å². The molecule has 0 radical (unpaired) electrons. The summed E-state index contributed by atoms with van der Waals surface area (Å²) in [5, 5.41) is 16.8. The molecule has 0 aliphatic carbocycles. The van der Waals surface area contributed by atoms with E-state index < -0.39 is 5.97 Å². The molecule has 2 aromatic rings. The number of methoxy groups -OCH3 is 1. The molecule has 1 aromatic carbocycles. The van der Waals surface area contributed by atoms with E-state index >= 15 is 0 Å². The molecule has 0 aliphatic rings. The summed E-state index contributed by atoms with van der Waals surface area (Å²) in [6.45, 7) is 0.475. The van der Waals surface area contributed by atoms with E-state index in [1.165, 1.54) is 12.3 Å². The van der Waals surface area contributed by atoms with E-state index in [-0.39, 0.29) is 5.56 Å². The molecule has 0 spiro atoms. The number of hydrogen-bond acceptors (Lipinski definition) is 5. The lowest BCUT2D eigenvalue weighted by atomic mass is 10.2. The lowest BCUT2D eigenvalue weighted by molar-refractivity contribution is 0.0697. The lowest BCUT2D eigenvalue weighted by Crippen LogP contribution is -2.21. The van der Waals surface area contributed by atoms with Crippen molar-refractivity contribution in [2.45, 2.75) is 6.54 Å². The average molecular weight is 273 g/mol. The Balaban J connectivity index is 2.29. The first-order valence-electron chi connectivity index (χ1n) is 6.01. The fourth-order valence-electron chi connectivity index (χ4n) is 1.94. The Morgan fingerprint density at radius 3 is 2.80 bits per heavy atom. The van der Waals surface area contributed by atoms with Crippen molar-refractivity contribution in [1.29, 1.82) is 0 Å². The third kappa shape index (κ3) is 2.85. The minimum Gasteiger partial charge on any atom is -0.496 e. The first-order valence-corrected chi connectivity index (χ1v) is 6.01. The number of nitrogens with zero attached hydrogens (tertiary/aromatic N) is 3. The van der Waals surface area contributed by atoms with Gasteiger partial charge in [-0.2, -0.15) is 5.10 Å². The Hall–Kier alpha value is -2.63. The molecule has 0 atom stereocenters. The van der Waals surface area contributed by atoms with Crippen LogP contribution in [-0.2, 0) is 6.54 Å². The highest BCUT2D eigenvalue weighted by atomic mass is 16.5. The van der Waals surface area contributed by atoms with Crippen molar-refractivity contribution in [3.8, 4) is 5.75 Å². The Morgan fingerprint density at radius 2 is 2.10 bits per heavy atom. The predicted molar refractivity (Wildman–Crippen MR) is 74.1 cm³/mol. The van der Waals surface area contributed by atoms with Gasteiger partial charge in [0.2, 0.25) is 0 Å². The first-order chi connectivity index (χ1) is 9.63. The maximum Gasteiger partial charge on any atom is 0.339 e. The van der Waals surface area contributed by atoms with E-state index in [4.69, 9.17) is 9.84 Å². The largest absolute Gasteiger partial charge is 0.496 e. The molecular weight excluding hydrogens is 258 g/mol. The summed E-state index contributed by atoms with van der Waals surface area (Å²) in [5.41, 5.74) is 1.07. The molecule has 0 amide bonds. The number of benzene rings is 1. The third-order valence-corrected chi connectivity index (χ3v) is 2.89. The zero-order valence-corrected chi connectivity index (χ0v) is 11.3. The van der Waals surface area contributed by atoms with Crippen LogP contribution < -0.4 is 9.64 Å². The van der Waals surface area contributed by atoms with Crippen molar-refractivity contribution in [3.63, 3.8) is 0 Å². The minimum absolute atomic E-state index is 0.123. The second-order valence-corrected chi connectivity index (χ2v) is 4.24. The highest BCUT2D eigenvalue weighted by Gasteiger charge is 2.16. The van der Waals surface area contributed by atoms with Gasteiger partial charge >= 0.3 is 5.97 Å². The van der Waals surface area contributed by atoms with Crippen LogP contribution in [0.25, 0.3) is 0 Å². The van der Waals surface area contributed by atoms with E-state index in [9.17, 15) is 4.79 Å². The Labute approximate surface area is 116 Å². The number of para-hydroxylation sites is 1. The van der Waals surface area contributed by atoms with Crippen molar-refractivity contribution in [2.24, 2.45) is 0 Å². The van der Waals surface area contributed by atoms with E-state index in [1.54, 1.807) is 19.1 Å². The summed E-state index contributed by atoms with van der Waals surface area (Å²) < 4.78 is 5.28. The Bertz CT molecular complexity index is 616. The number of anilines is 1. The fourth-order valence-corrected chi connectivity index (χ4v) is 1.94. The summed E-state index contributed by atoms with van der Waals surface area (Å²) >= 11 is 0. The van der Waals surface area contributed by atoms with Crippen molar-refractivity contribution in [1.82, 2.24) is 10.2 Å². The third-order valence-electron chi connectivity index (χ3n) is 2.89. The standard InChI is InChI=1S/C14H15N3O3/c1-17(9-10-5-3-4-6-12(10)20-2)13-11(14(18)19)7-8-15-16-13/h3-8H,9H2,1-2H3,(H,18,19). The van der Waals surface area contributed by atoms with Gasteiger partial charge in [-0.25, -0.2) is 4.79 Å². The van der Waals surface area contributed by atoms with Crippen molar-refractivity contribution in [3.05, 3.63) is 47.7 Å². The van der Waals surface area contributed by atoms with Crippen molar-refractivity contribution < 1.29 is 14.6 Å². The van der Waals surface area contributed by atoms with Gasteiger partial charge in [0.1, 0.15) is 11.3 Å². The molecule has 0 aliphatic heterocycles. The second kappa shape index (κ2) is 6.01. The van der Waals surface area contributed by atoms with Gasteiger partial charge in [0.05, 0.1) is 13.3 Å². The molecule has 0 saturated carbocycles. The molecule has 1 N–H and O–H groups in total. The normalized spacial score (nSPS) is 10.1. The molecule has 6 heteroatoms. The number of ether oxygens (including phenoxy) is 1. The van der Waals surface area contributed by atoms with Gasteiger partial charge in [0, 0.05) is 19.2 Å². The number of hydrogen-bond donors (Lipinski definition) is 1. The maximum atomic E-state index is 11.2. The van der Waals surface area contributed by atoms with Crippen molar-refractivity contribution >= 4 is 11.8 Å². The highest BCUT2D eigenvalue weighted by Crippen LogP contribution is 2.22. The number of carbonyl (C=O) groups is 1. The van der Waals surface area contributed by atoms with Crippen LogP contribution in [0.4, 0.5) is 5.82 Å². The summed E-state index contributed by atoms with van der Waals surface area (Å²) in [7, 11) is 3.37. The van der Waals surface area contributed by atoms with Gasteiger partial charge in [-0.05, 0) is 12.1 Å². The number of carboxylic acids is 1. The van der Waals surface area contributed by atoms with Crippen LogP contribution in [0.5, 0.6) is 5.75 Å². The Morgan fingerprint density at radius 1 is 1.35 bits per heavy atom. The van der Waals surface area contributed by atoms with Gasteiger partial charge < -0.3 is 14.7 Å². The molecular formula is C14H15N3O3. The van der Waals surface area contributed by atoms with Gasteiger partial charge in [-0.3, -0.25) is 0 Å². The van der Waals surface area contributed by atoms with E-state index in [0.717, 1.165) is 11.3 Å². The Kier molecular flexibility index (Phi) is 4.14. The zero-order chi connectivity index (χ0) is 14.5. The van der Waals surface area contributed by atoms with Crippen LogP contribution in [0.2, 0.25) is 0 Å². The van der Waals surface area contributed by atoms with Crippen LogP contribution in [0, 0.1) is 0 Å². The van der Waals surface area contributed by atoms with Crippen LogP contribution in [0.3, 0.4) is 0 Å². The summed E-state index contributed by atoms with van der Waals surface area (Å²) in [5.74, 6) is 0.0489. The molecule has 2 rings (SSSR count). The predicted octanol–water partition coefficient (Wildman–Crippen LogP) is 1.82. The van der Waals surface area contributed by atoms with Gasteiger partial charge in [0.25, 0.3) is 0 Å². The number of rotatable bonds is 5. The average Bonchev–Trinajstić information content (AvgIpc) is 2.47. The molecule has 1 aromatic heterocycles. The van der Waals surface area contributed by atoms with Gasteiger partial charge in [-0.1, -0.05) is 18.2 Å². The van der Waals surface area contributed by atoms with E-state index in [1.807, 2.05) is 24.3 Å². The zero-order valence-electron chi connectivity index (χ0n) is 11.3. The summed E-state index contributed by atoms with van der Waals surface area (Å²) in [6, 6.07) is 9.00. The molecule has 20 heavy (non-hydrogen) atoms. The molecule has 0 unspecified atom stereocenters. The minimum atomic E-state index is -1.03. The molecule has 6 nitrogen and oxygen atoms in total. The second-order valence-electron chi connectivity index (χ2n) is 4.24. The quantitative estimate of drug-likeness (QED) is 0.895. The number of aromatic nitrogens is 2. The monoisotopic (exact) mass is 273 g/mol.